The van der Waals surface area contributed by atoms with Crippen molar-refractivity contribution in [1.29, 1.82) is 0 Å². The fourth-order valence-electron chi connectivity index (χ4n) is 5.91. The number of rotatable bonds is 6. The third-order valence-electron chi connectivity index (χ3n) is 8.15. The van der Waals surface area contributed by atoms with Crippen molar-refractivity contribution >= 4 is 16.9 Å². The van der Waals surface area contributed by atoms with E-state index in [1.54, 1.807) is 29.3 Å². The summed E-state index contributed by atoms with van der Waals surface area (Å²) in [7, 11) is 1.62. The molecule has 206 valence electrons. The number of pyridine rings is 2. The molecule has 5 heterocycles. The zero-order valence-corrected chi connectivity index (χ0v) is 22.6. The maximum absolute atomic E-state index is 13.7. The second-order valence-corrected chi connectivity index (χ2v) is 10.5. The molecule has 2 aliphatic rings. The minimum Gasteiger partial charge on any atom is -0.497 e. The molecule has 0 saturated carbocycles. The summed E-state index contributed by atoms with van der Waals surface area (Å²) in [4.78, 5) is 31.2. The first-order valence-electron chi connectivity index (χ1n) is 13.5. The average Bonchev–Trinajstić information content (AvgIpc) is 3.59. The molecule has 1 atom stereocenters. The monoisotopic (exact) mass is 549 g/mol. The number of fused-ring (bicyclic) bond motifs is 5. The lowest BCUT2D eigenvalue weighted by Crippen LogP contribution is -2.44. The highest BCUT2D eigenvalue weighted by Gasteiger charge is 2.45. The van der Waals surface area contributed by atoms with Crippen LogP contribution in [0.25, 0.3) is 22.3 Å². The molecule has 7 rings (SSSR count). The topological polar surface area (TPSA) is 121 Å². The third-order valence-corrected chi connectivity index (χ3v) is 8.15. The van der Waals surface area contributed by atoms with Crippen molar-refractivity contribution in [2.75, 3.05) is 7.11 Å². The van der Waals surface area contributed by atoms with Gasteiger partial charge in [0.1, 0.15) is 12.4 Å². The fraction of sp³-hybridized carbons (Fsp3) is 0.258. The van der Waals surface area contributed by atoms with Crippen molar-refractivity contribution in [3.63, 3.8) is 0 Å². The molecule has 0 bridgehead atoms. The zero-order chi connectivity index (χ0) is 28.3. The largest absolute Gasteiger partial charge is 0.497 e. The van der Waals surface area contributed by atoms with Crippen LogP contribution in [0, 0.1) is 0 Å². The van der Waals surface area contributed by atoms with Crippen molar-refractivity contribution < 1.29 is 19.4 Å². The molecule has 2 aromatic carbocycles. The number of carbonyl (C=O) groups excluding carboxylic acids is 1. The van der Waals surface area contributed by atoms with E-state index >= 15 is 0 Å². The zero-order valence-electron chi connectivity index (χ0n) is 22.6. The van der Waals surface area contributed by atoms with Gasteiger partial charge in [-0.3, -0.25) is 4.79 Å². The molecule has 2 aliphatic heterocycles. The van der Waals surface area contributed by atoms with E-state index < -0.39 is 11.6 Å². The van der Waals surface area contributed by atoms with Crippen LogP contribution in [0.1, 0.15) is 46.9 Å². The maximum atomic E-state index is 13.7. The Kier molecular flexibility index (Phi) is 5.75. The number of aromatic nitrogens is 5. The number of ether oxygens (including phenoxy) is 2. The first kappa shape index (κ1) is 25.2. The maximum Gasteiger partial charge on any atom is 0.343 e. The lowest BCUT2D eigenvalue weighted by atomic mass is 9.86. The predicted molar refractivity (Wildman–Crippen MR) is 149 cm³/mol. The summed E-state index contributed by atoms with van der Waals surface area (Å²) in [6, 6.07) is 17.5. The van der Waals surface area contributed by atoms with E-state index in [9.17, 15) is 14.7 Å². The summed E-state index contributed by atoms with van der Waals surface area (Å²) in [5, 5.41) is 20.9. The predicted octanol–water partition coefficient (Wildman–Crippen LogP) is 3.32. The molecule has 0 radical (unpaired) electrons. The number of hydrogen-bond donors (Lipinski definition) is 1. The SMILES string of the molecule is CC[C@@]1(O)C(=O)OCc2c1cc1n(c2=O)Cc2c-1nc1ccc(OC)cc1c2Cn1cc(Cc2ccccc2)nn1. The van der Waals surface area contributed by atoms with Gasteiger partial charge in [-0.15, -0.1) is 5.10 Å². The van der Waals surface area contributed by atoms with Gasteiger partial charge in [-0.25, -0.2) is 14.5 Å². The van der Waals surface area contributed by atoms with Crippen LogP contribution in [0.5, 0.6) is 5.75 Å². The Morgan fingerprint density at radius 3 is 2.71 bits per heavy atom. The van der Waals surface area contributed by atoms with Crippen LogP contribution in [-0.2, 0) is 41.2 Å². The van der Waals surface area contributed by atoms with Crippen LogP contribution >= 0.6 is 0 Å². The van der Waals surface area contributed by atoms with Crippen LogP contribution in [0.2, 0.25) is 0 Å². The van der Waals surface area contributed by atoms with Crippen molar-refractivity contribution in [3.8, 4) is 17.1 Å². The molecular weight excluding hydrogens is 522 g/mol. The highest BCUT2D eigenvalue weighted by Crippen LogP contribution is 2.40. The van der Waals surface area contributed by atoms with E-state index in [4.69, 9.17) is 14.5 Å². The van der Waals surface area contributed by atoms with Gasteiger partial charge in [0.2, 0.25) is 0 Å². The van der Waals surface area contributed by atoms with Gasteiger partial charge in [0.05, 0.1) is 48.4 Å². The molecule has 1 N–H and O–H groups in total. The minimum absolute atomic E-state index is 0.0857. The summed E-state index contributed by atoms with van der Waals surface area (Å²) in [6.07, 6.45) is 2.68. The van der Waals surface area contributed by atoms with Gasteiger partial charge in [-0.1, -0.05) is 42.5 Å². The smallest absolute Gasteiger partial charge is 0.343 e. The Morgan fingerprint density at radius 2 is 1.93 bits per heavy atom. The van der Waals surface area contributed by atoms with Gasteiger partial charge in [-0.2, -0.15) is 0 Å². The number of esters is 1. The molecule has 41 heavy (non-hydrogen) atoms. The number of benzene rings is 2. The molecule has 0 unspecified atom stereocenters. The second-order valence-electron chi connectivity index (χ2n) is 10.5. The van der Waals surface area contributed by atoms with Gasteiger partial charge < -0.3 is 19.1 Å². The minimum atomic E-state index is -1.88. The van der Waals surface area contributed by atoms with E-state index in [-0.39, 0.29) is 25.1 Å². The Bertz CT molecular complexity index is 1910. The first-order valence-corrected chi connectivity index (χ1v) is 13.5. The molecule has 0 fully saturated rings. The molecule has 3 aromatic heterocycles. The highest BCUT2D eigenvalue weighted by molar-refractivity contribution is 5.90. The first-order chi connectivity index (χ1) is 19.9. The Hall–Kier alpha value is -4.83. The van der Waals surface area contributed by atoms with Crippen LogP contribution in [0.15, 0.2) is 65.6 Å². The van der Waals surface area contributed by atoms with E-state index in [1.807, 2.05) is 42.6 Å². The lowest BCUT2D eigenvalue weighted by molar-refractivity contribution is -0.172. The number of aliphatic hydroxyl groups is 1. The number of nitrogens with zero attached hydrogens (tertiary/aromatic N) is 5. The average molecular weight is 550 g/mol. The number of carbonyl (C=O) groups is 1. The molecule has 0 spiro atoms. The number of cyclic esters (lactones) is 1. The van der Waals surface area contributed by atoms with E-state index in [0.717, 1.165) is 33.3 Å². The lowest BCUT2D eigenvalue weighted by Gasteiger charge is -2.31. The molecule has 0 aliphatic carbocycles. The fourth-order valence-corrected chi connectivity index (χ4v) is 5.91. The van der Waals surface area contributed by atoms with Crippen LogP contribution in [0.3, 0.4) is 0 Å². The van der Waals surface area contributed by atoms with Gasteiger partial charge in [0.15, 0.2) is 5.60 Å². The molecule has 0 saturated heterocycles. The van der Waals surface area contributed by atoms with Crippen LogP contribution < -0.4 is 10.3 Å². The van der Waals surface area contributed by atoms with E-state index in [1.165, 1.54) is 0 Å². The molecule has 5 aromatic rings. The van der Waals surface area contributed by atoms with E-state index in [2.05, 4.69) is 22.4 Å². The summed E-state index contributed by atoms with van der Waals surface area (Å²) >= 11 is 0. The Balaban J connectivity index is 1.37. The van der Waals surface area contributed by atoms with Gasteiger partial charge >= 0.3 is 5.97 Å². The van der Waals surface area contributed by atoms with Crippen molar-refractivity contribution in [2.45, 2.75) is 45.1 Å². The summed E-state index contributed by atoms with van der Waals surface area (Å²) < 4.78 is 14.2. The van der Waals surface area contributed by atoms with Crippen molar-refractivity contribution in [1.82, 2.24) is 24.5 Å². The molecule has 10 heteroatoms. The molecule has 0 amide bonds. The molecule has 10 nitrogen and oxygen atoms in total. The number of hydrogen-bond acceptors (Lipinski definition) is 8. The second kappa shape index (κ2) is 9.38. The summed E-state index contributed by atoms with van der Waals surface area (Å²) in [6.45, 7) is 2.21. The van der Waals surface area contributed by atoms with Gasteiger partial charge in [0.25, 0.3) is 5.56 Å². The standard InChI is InChI=1S/C31H27N5O5/c1-3-31(39)25-13-27-28-23(16-36(27)29(37)24(25)17-41-30(31)38)22(21-12-20(40-2)9-10-26(21)32-28)15-35-14-19(33-34-35)11-18-7-5-4-6-8-18/h4-10,12-14,39H,3,11,15-17H2,1-2H3/t31-/m0/s1. The number of methoxy groups -OCH3 is 1. The highest BCUT2D eigenvalue weighted by atomic mass is 16.6. The van der Waals surface area contributed by atoms with Crippen LogP contribution in [-0.4, -0.2) is 42.7 Å². The normalized spacial score (nSPS) is 17.2. The summed E-state index contributed by atoms with van der Waals surface area (Å²) in [5.41, 5.74) is 4.15. The summed E-state index contributed by atoms with van der Waals surface area (Å²) in [5.74, 6) is -0.0533. The van der Waals surface area contributed by atoms with Gasteiger partial charge in [-0.05, 0) is 41.8 Å². The Morgan fingerprint density at radius 1 is 1.10 bits per heavy atom. The van der Waals surface area contributed by atoms with Crippen molar-refractivity contribution in [2.24, 2.45) is 0 Å². The molecular formula is C31H27N5O5. The van der Waals surface area contributed by atoms with Crippen LogP contribution in [0.4, 0.5) is 0 Å². The van der Waals surface area contributed by atoms with Crippen molar-refractivity contribution in [3.05, 3.63) is 105 Å². The van der Waals surface area contributed by atoms with Gasteiger partial charge in [0, 0.05) is 29.1 Å². The quantitative estimate of drug-likeness (QED) is 0.314. The third kappa shape index (κ3) is 3.93. The Labute approximate surface area is 234 Å². The van der Waals surface area contributed by atoms with E-state index in [0.29, 0.717) is 41.2 Å².